The minimum absolute atomic E-state index is 0.126. The van der Waals surface area contributed by atoms with Crippen molar-refractivity contribution >= 4 is 39.1 Å². The molecule has 0 bridgehead atoms. The van der Waals surface area contributed by atoms with Crippen LogP contribution in [0.2, 0.25) is 0 Å². The first-order valence-electron chi connectivity index (χ1n) is 9.04. The Balaban J connectivity index is 1.68. The van der Waals surface area contributed by atoms with E-state index in [0.717, 1.165) is 15.3 Å². The smallest absolute Gasteiger partial charge is 0.262 e. The zero-order valence-corrected chi connectivity index (χ0v) is 16.9. The second-order valence-electron chi connectivity index (χ2n) is 6.44. The van der Waals surface area contributed by atoms with Crippen LogP contribution < -0.4 is 16.2 Å². The summed E-state index contributed by atoms with van der Waals surface area (Å²) in [7, 11) is 0. The Morgan fingerprint density at radius 1 is 1.25 bits per heavy atom. The number of thiophene rings is 1. The molecule has 0 saturated carbocycles. The van der Waals surface area contributed by atoms with E-state index in [-0.39, 0.29) is 30.3 Å². The summed E-state index contributed by atoms with van der Waals surface area (Å²) in [5.41, 5.74) is 1.84. The standard InChI is InChI=1S/C20H22N4O3S/c1-4-21-18(26)14-6-5-7-15(10-14)23-16(25)8-9-24-11-22-19-17(20(24)27)12(2)13(3)28-19/h5-7,10-11H,4,8-9H2,1-3H3,(H,21,26)(H,23,25). The Hall–Kier alpha value is -3.00. The average Bonchev–Trinajstić information content (AvgIpc) is 2.96. The third kappa shape index (κ3) is 4.12. The predicted molar refractivity (Wildman–Crippen MR) is 111 cm³/mol. The molecule has 0 unspecified atom stereocenters. The SMILES string of the molecule is CCNC(=O)c1cccc(NC(=O)CCn2cnc3sc(C)c(C)c3c2=O)c1. The minimum atomic E-state index is -0.238. The van der Waals surface area contributed by atoms with E-state index in [1.807, 2.05) is 20.8 Å². The number of amides is 2. The number of hydrogen-bond acceptors (Lipinski definition) is 5. The number of aromatic nitrogens is 2. The van der Waals surface area contributed by atoms with Crippen LogP contribution in [0.15, 0.2) is 35.4 Å². The van der Waals surface area contributed by atoms with Crippen LogP contribution in [-0.4, -0.2) is 27.9 Å². The van der Waals surface area contributed by atoms with E-state index in [2.05, 4.69) is 15.6 Å². The van der Waals surface area contributed by atoms with Gasteiger partial charge in [-0.25, -0.2) is 4.98 Å². The molecule has 0 aliphatic carbocycles. The molecule has 0 aliphatic rings. The molecule has 0 fully saturated rings. The first-order chi connectivity index (χ1) is 13.4. The molecule has 0 atom stereocenters. The van der Waals surface area contributed by atoms with E-state index < -0.39 is 0 Å². The van der Waals surface area contributed by atoms with E-state index >= 15 is 0 Å². The molecule has 0 spiro atoms. The fourth-order valence-electron chi connectivity index (χ4n) is 2.88. The summed E-state index contributed by atoms with van der Waals surface area (Å²) in [4.78, 5) is 43.0. The number of carbonyl (C=O) groups excluding carboxylic acids is 2. The van der Waals surface area contributed by atoms with Gasteiger partial charge in [-0.1, -0.05) is 6.07 Å². The van der Waals surface area contributed by atoms with Crippen molar-refractivity contribution < 1.29 is 9.59 Å². The molecule has 3 aromatic rings. The summed E-state index contributed by atoms with van der Waals surface area (Å²) in [6.07, 6.45) is 1.61. The topological polar surface area (TPSA) is 93.1 Å². The molecule has 7 nitrogen and oxygen atoms in total. The predicted octanol–water partition coefficient (Wildman–Crippen LogP) is 2.85. The van der Waals surface area contributed by atoms with Crippen molar-refractivity contribution in [2.45, 2.75) is 33.7 Å². The molecule has 146 valence electrons. The third-order valence-corrected chi connectivity index (χ3v) is 5.60. The van der Waals surface area contributed by atoms with Crippen LogP contribution in [0.25, 0.3) is 10.2 Å². The number of fused-ring (bicyclic) bond motifs is 1. The molecular weight excluding hydrogens is 376 g/mol. The Morgan fingerprint density at radius 3 is 2.79 bits per heavy atom. The number of rotatable bonds is 6. The van der Waals surface area contributed by atoms with Crippen LogP contribution in [0.1, 0.15) is 34.1 Å². The fourth-order valence-corrected chi connectivity index (χ4v) is 3.86. The lowest BCUT2D eigenvalue weighted by atomic mass is 10.2. The zero-order valence-electron chi connectivity index (χ0n) is 16.0. The molecule has 2 N–H and O–H groups in total. The Kier molecular flexibility index (Phi) is 5.89. The van der Waals surface area contributed by atoms with Gasteiger partial charge in [0, 0.05) is 35.6 Å². The first kappa shape index (κ1) is 19.8. The van der Waals surface area contributed by atoms with Crippen molar-refractivity contribution in [1.82, 2.24) is 14.9 Å². The van der Waals surface area contributed by atoms with Crippen molar-refractivity contribution in [3.63, 3.8) is 0 Å². The number of anilines is 1. The van der Waals surface area contributed by atoms with Gasteiger partial charge < -0.3 is 10.6 Å². The average molecular weight is 398 g/mol. The monoisotopic (exact) mass is 398 g/mol. The highest BCUT2D eigenvalue weighted by atomic mass is 32.1. The summed E-state index contributed by atoms with van der Waals surface area (Å²) in [5, 5.41) is 6.11. The molecule has 2 aromatic heterocycles. The quantitative estimate of drug-likeness (QED) is 0.668. The van der Waals surface area contributed by atoms with Crippen LogP contribution in [-0.2, 0) is 11.3 Å². The lowest BCUT2D eigenvalue weighted by molar-refractivity contribution is -0.116. The molecule has 0 aliphatic heterocycles. The van der Waals surface area contributed by atoms with E-state index in [1.54, 1.807) is 24.3 Å². The van der Waals surface area contributed by atoms with Crippen molar-refractivity contribution in [2.75, 3.05) is 11.9 Å². The van der Waals surface area contributed by atoms with Gasteiger partial charge in [-0.2, -0.15) is 0 Å². The number of hydrogen-bond donors (Lipinski definition) is 2. The first-order valence-corrected chi connectivity index (χ1v) is 9.85. The van der Waals surface area contributed by atoms with Crippen molar-refractivity contribution in [2.24, 2.45) is 0 Å². The van der Waals surface area contributed by atoms with Gasteiger partial charge >= 0.3 is 0 Å². The van der Waals surface area contributed by atoms with E-state index in [1.165, 1.54) is 22.2 Å². The summed E-state index contributed by atoms with van der Waals surface area (Å²) in [6.45, 7) is 6.49. The number of nitrogens with one attached hydrogen (secondary N) is 2. The lowest BCUT2D eigenvalue weighted by Crippen LogP contribution is -2.24. The van der Waals surface area contributed by atoms with Crippen LogP contribution in [0.4, 0.5) is 5.69 Å². The van der Waals surface area contributed by atoms with Gasteiger partial charge in [0.15, 0.2) is 0 Å². The molecule has 8 heteroatoms. The fraction of sp³-hybridized carbons (Fsp3) is 0.300. The van der Waals surface area contributed by atoms with Crippen LogP contribution in [0, 0.1) is 13.8 Å². The maximum absolute atomic E-state index is 12.7. The van der Waals surface area contributed by atoms with Gasteiger partial charge in [0.1, 0.15) is 4.83 Å². The van der Waals surface area contributed by atoms with Gasteiger partial charge in [-0.15, -0.1) is 11.3 Å². The number of nitrogens with zero attached hydrogens (tertiary/aromatic N) is 2. The van der Waals surface area contributed by atoms with Gasteiger partial charge in [0.25, 0.3) is 11.5 Å². The van der Waals surface area contributed by atoms with Gasteiger partial charge in [0.2, 0.25) is 5.91 Å². The number of aryl methyl sites for hydroxylation is 3. The highest BCUT2D eigenvalue weighted by Crippen LogP contribution is 2.25. The maximum Gasteiger partial charge on any atom is 0.262 e. The number of carbonyl (C=O) groups is 2. The Labute approximate surface area is 166 Å². The number of benzene rings is 1. The Morgan fingerprint density at radius 2 is 2.04 bits per heavy atom. The minimum Gasteiger partial charge on any atom is -0.352 e. The van der Waals surface area contributed by atoms with E-state index in [9.17, 15) is 14.4 Å². The Bertz CT molecular complexity index is 1100. The van der Waals surface area contributed by atoms with Crippen LogP contribution >= 0.6 is 11.3 Å². The van der Waals surface area contributed by atoms with E-state index in [0.29, 0.717) is 23.2 Å². The maximum atomic E-state index is 12.7. The zero-order chi connectivity index (χ0) is 20.3. The van der Waals surface area contributed by atoms with Crippen molar-refractivity contribution in [3.8, 4) is 0 Å². The van der Waals surface area contributed by atoms with Gasteiger partial charge in [-0.3, -0.25) is 19.0 Å². The van der Waals surface area contributed by atoms with E-state index in [4.69, 9.17) is 0 Å². The summed E-state index contributed by atoms with van der Waals surface area (Å²) in [6, 6.07) is 6.74. The molecular formula is C20H22N4O3S. The van der Waals surface area contributed by atoms with Crippen LogP contribution in [0.5, 0.6) is 0 Å². The molecule has 1 aromatic carbocycles. The normalized spacial score (nSPS) is 10.8. The largest absolute Gasteiger partial charge is 0.352 e. The third-order valence-electron chi connectivity index (χ3n) is 4.48. The molecule has 0 radical (unpaired) electrons. The summed E-state index contributed by atoms with van der Waals surface area (Å²) in [5.74, 6) is -0.427. The highest BCUT2D eigenvalue weighted by molar-refractivity contribution is 7.18. The van der Waals surface area contributed by atoms with Gasteiger partial charge in [-0.05, 0) is 44.5 Å². The van der Waals surface area contributed by atoms with Crippen molar-refractivity contribution in [1.29, 1.82) is 0 Å². The van der Waals surface area contributed by atoms with Gasteiger partial charge in [0.05, 0.1) is 11.7 Å². The molecule has 28 heavy (non-hydrogen) atoms. The molecule has 3 rings (SSSR count). The van der Waals surface area contributed by atoms with Crippen LogP contribution in [0.3, 0.4) is 0 Å². The molecule has 2 amide bonds. The van der Waals surface area contributed by atoms with Crippen molar-refractivity contribution in [3.05, 3.63) is 57.0 Å². The second kappa shape index (κ2) is 8.35. The molecule has 2 heterocycles. The lowest BCUT2D eigenvalue weighted by Gasteiger charge is -2.09. The molecule has 0 saturated heterocycles. The summed E-state index contributed by atoms with van der Waals surface area (Å²) >= 11 is 1.50. The summed E-state index contributed by atoms with van der Waals surface area (Å²) < 4.78 is 1.46. The highest BCUT2D eigenvalue weighted by Gasteiger charge is 2.13. The second-order valence-corrected chi connectivity index (χ2v) is 7.65.